The molecule has 0 fully saturated rings. The predicted molar refractivity (Wildman–Crippen MR) is 183 cm³/mol. The third kappa shape index (κ3) is 3.10. The monoisotopic (exact) mass is 565 g/mol. The SMILES string of the molecule is c1ccc2c(c1)ncc1c(-c3ccc(-n4c5ccccc5c5ccc6c7ccccc7sc6c54)cc3)c3ccccc3n12. The molecule has 0 aliphatic rings. The number of hydrogen-bond acceptors (Lipinski definition) is 2. The number of nitrogens with zero attached hydrogens (tertiary/aromatic N) is 3. The van der Waals surface area contributed by atoms with E-state index in [1.54, 1.807) is 0 Å². The molecule has 0 aliphatic heterocycles. The van der Waals surface area contributed by atoms with Gasteiger partial charge in [0.25, 0.3) is 0 Å². The van der Waals surface area contributed by atoms with Gasteiger partial charge in [0, 0.05) is 42.9 Å². The Bertz CT molecular complexity index is 2720. The lowest BCUT2D eigenvalue weighted by molar-refractivity contribution is 1.19. The highest BCUT2D eigenvalue weighted by atomic mass is 32.1. The smallest absolute Gasteiger partial charge is 0.0871 e. The van der Waals surface area contributed by atoms with Crippen molar-refractivity contribution in [1.82, 2.24) is 14.0 Å². The Hall–Kier alpha value is -5.45. The van der Waals surface area contributed by atoms with Crippen LogP contribution >= 0.6 is 11.3 Å². The Morgan fingerprint density at radius 3 is 2.02 bits per heavy atom. The third-order valence-electron chi connectivity index (χ3n) is 8.95. The zero-order valence-corrected chi connectivity index (χ0v) is 23.8. The molecule has 3 nitrogen and oxygen atoms in total. The molecule has 0 saturated carbocycles. The summed E-state index contributed by atoms with van der Waals surface area (Å²) in [5, 5.41) is 6.45. The third-order valence-corrected chi connectivity index (χ3v) is 10.1. The van der Waals surface area contributed by atoms with E-state index in [1.165, 1.54) is 64.0 Å². The fourth-order valence-corrected chi connectivity index (χ4v) is 8.35. The van der Waals surface area contributed by atoms with Crippen LogP contribution in [-0.2, 0) is 0 Å². The molecule has 4 aromatic heterocycles. The van der Waals surface area contributed by atoms with Crippen molar-refractivity contribution in [2.24, 2.45) is 0 Å². The Labute approximate surface area is 250 Å². The first-order chi connectivity index (χ1) is 21.3. The van der Waals surface area contributed by atoms with E-state index in [-0.39, 0.29) is 0 Å². The van der Waals surface area contributed by atoms with Crippen LogP contribution in [0.3, 0.4) is 0 Å². The van der Waals surface area contributed by atoms with Crippen LogP contribution in [0.25, 0.3) is 86.2 Å². The minimum absolute atomic E-state index is 0.997. The molecule has 0 radical (unpaired) electrons. The van der Waals surface area contributed by atoms with Gasteiger partial charge in [-0.3, -0.25) is 4.98 Å². The lowest BCUT2D eigenvalue weighted by Crippen LogP contribution is -1.94. The number of aromatic nitrogens is 3. The number of fused-ring (bicyclic) bond motifs is 12. The number of benzene rings is 6. The van der Waals surface area contributed by atoms with Crippen LogP contribution in [0.2, 0.25) is 0 Å². The van der Waals surface area contributed by atoms with Crippen molar-refractivity contribution in [3.05, 3.63) is 140 Å². The molecule has 43 heavy (non-hydrogen) atoms. The number of hydrogen-bond donors (Lipinski definition) is 0. The summed E-state index contributed by atoms with van der Waals surface area (Å²) in [4.78, 5) is 4.84. The Kier molecular flexibility index (Phi) is 4.60. The molecule has 0 amide bonds. The van der Waals surface area contributed by atoms with E-state index < -0.39 is 0 Å². The quantitative estimate of drug-likeness (QED) is 0.204. The van der Waals surface area contributed by atoms with E-state index in [0.717, 1.165) is 22.2 Å². The number of para-hydroxylation sites is 4. The average Bonchev–Trinajstić information content (AvgIpc) is 3.73. The van der Waals surface area contributed by atoms with Crippen LogP contribution in [-0.4, -0.2) is 14.0 Å². The maximum absolute atomic E-state index is 4.84. The van der Waals surface area contributed by atoms with Crippen molar-refractivity contribution in [3.8, 4) is 16.8 Å². The topological polar surface area (TPSA) is 22.2 Å². The molecular weight excluding hydrogens is 543 g/mol. The molecule has 4 heterocycles. The summed E-state index contributed by atoms with van der Waals surface area (Å²) in [6, 6.07) is 48.3. The first kappa shape index (κ1) is 23.1. The molecule has 4 heteroatoms. The highest BCUT2D eigenvalue weighted by Crippen LogP contribution is 2.43. The molecule has 6 aromatic carbocycles. The van der Waals surface area contributed by atoms with Crippen molar-refractivity contribution in [2.75, 3.05) is 0 Å². The van der Waals surface area contributed by atoms with Gasteiger partial charge in [0.05, 0.1) is 44.0 Å². The second-order valence-electron chi connectivity index (χ2n) is 11.2. The maximum Gasteiger partial charge on any atom is 0.0871 e. The van der Waals surface area contributed by atoms with E-state index >= 15 is 0 Å². The average molecular weight is 566 g/mol. The van der Waals surface area contributed by atoms with Crippen LogP contribution in [0.15, 0.2) is 140 Å². The maximum atomic E-state index is 4.84. The van der Waals surface area contributed by atoms with Crippen molar-refractivity contribution >= 4 is 80.8 Å². The largest absolute Gasteiger partial charge is 0.308 e. The van der Waals surface area contributed by atoms with Crippen LogP contribution in [0.1, 0.15) is 0 Å². The molecule has 10 aromatic rings. The van der Waals surface area contributed by atoms with Crippen molar-refractivity contribution in [2.45, 2.75) is 0 Å². The molecule has 0 saturated heterocycles. The molecule has 0 aliphatic carbocycles. The minimum atomic E-state index is 0.997. The second-order valence-corrected chi connectivity index (χ2v) is 12.2. The van der Waals surface area contributed by atoms with Gasteiger partial charge in [0.15, 0.2) is 0 Å². The minimum Gasteiger partial charge on any atom is -0.308 e. The molecular formula is C39H23N3S. The first-order valence-corrected chi connectivity index (χ1v) is 15.4. The summed E-state index contributed by atoms with van der Waals surface area (Å²) in [5.74, 6) is 0. The number of thiophene rings is 1. The van der Waals surface area contributed by atoms with Crippen molar-refractivity contribution in [3.63, 3.8) is 0 Å². The molecule has 10 rings (SSSR count). The summed E-state index contributed by atoms with van der Waals surface area (Å²) in [6.45, 7) is 0. The van der Waals surface area contributed by atoms with Gasteiger partial charge in [0.1, 0.15) is 0 Å². The Morgan fingerprint density at radius 2 is 1.16 bits per heavy atom. The molecule has 0 bridgehead atoms. The van der Waals surface area contributed by atoms with Gasteiger partial charge in [-0.1, -0.05) is 91.0 Å². The van der Waals surface area contributed by atoms with E-state index in [9.17, 15) is 0 Å². The normalized spacial score (nSPS) is 12.2. The fourth-order valence-electron chi connectivity index (χ4n) is 7.11. The van der Waals surface area contributed by atoms with Crippen LogP contribution < -0.4 is 0 Å². The number of rotatable bonds is 2. The molecule has 200 valence electrons. The van der Waals surface area contributed by atoms with Gasteiger partial charge in [-0.25, -0.2) is 0 Å². The lowest BCUT2D eigenvalue weighted by atomic mass is 10.0. The van der Waals surface area contributed by atoms with Crippen LogP contribution in [0, 0.1) is 0 Å². The van der Waals surface area contributed by atoms with Gasteiger partial charge < -0.3 is 8.97 Å². The van der Waals surface area contributed by atoms with Crippen LogP contribution in [0.5, 0.6) is 0 Å². The highest BCUT2D eigenvalue weighted by molar-refractivity contribution is 7.26. The highest BCUT2D eigenvalue weighted by Gasteiger charge is 2.19. The zero-order chi connectivity index (χ0) is 28.1. The summed E-state index contributed by atoms with van der Waals surface area (Å²) < 4.78 is 7.47. The Morgan fingerprint density at radius 1 is 0.488 bits per heavy atom. The molecule has 0 N–H and O–H groups in total. The first-order valence-electron chi connectivity index (χ1n) is 14.6. The zero-order valence-electron chi connectivity index (χ0n) is 23.0. The Balaban J connectivity index is 1.24. The van der Waals surface area contributed by atoms with Gasteiger partial charge in [-0.15, -0.1) is 11.3 Å². The van der Waals surface area contributed by atoms with Crippen LogP contribution in [0.4, 0.5) is 0 Å². The second kappa shape index (κ2) is 8.54. The van der Waals surface area contributed by atoms with E-state index in [2.05, 4.69) is 136 Å². The van der Waals surface area contributed by atoms with E-state index in [4.69, 9.17) is 4.98 Å². The predicted octanol–water partition coefficient (Wildman–Crippen LogP) is 10.8. The summed E-state index contributed by atoms with van der Waals surface area (Å²) in [5.41, 5.74) is 10.5. The molecule has 0 atom stereocenters. The summed E-state index contributed by atoms with van der Waals surface area (Å²) >= 11 is 1.89. The lowest BCUT2D eigenvalue weighted by Gasteiger charge is -2.10. The van der Waals surface area contributed by atoms with Gasteiger partial charge in [-0.05, 0) is 48.0 Å². The standard InChI is InChI=1S/C39H23N3S/c1-5-13-32-26(9-1)28-21-22-29-27-10-3-8-16-36(27)43-39(29)38(28)41(32)25-19-17-24(18-20-25)37-30-11-2-6-14-33(30)42-34-15-7-4-12-31(34)40-23-35(37)42/h1-23H. The van der Waals surface area contributed by atoms with Crippen molar-refractivity contribution in [1.29, 1.82) is 0 Å². The van der Waals surface area contributed by atoms with E-state index in [0.29, 0.717) is 0 Å². The fraction of sp³-hybridized carbons (Fsp3) is 0. The van der Waals surface area contributed by atoms with E-state index in [1.807, 2.05) is 23.6 Å². The summed E-state index contributed by atoms with van der Waals surface area (Å²) in [7, 11) is 0. The van der Waals surface area contributed by atoms with Crippen molar-refractivity contribution < 1.29 is 0 Å². The summed E-state index contributed by atoms with van der Waals surface area (Å²) in [6.07, 6.45) is 2.02. The van der Waals surface area contributed by atoms with Gasteiger partial charge >= 0.3 is 0 Å². The molecule has 0 spiro atoms. The van der Waals surface area contributed by atoms with Gasteiger partial charge in [-0.2, -0.15) is 0 Å². The van der Waals surface area contributed by atoms with Gasteiger partial charge in [0.2, 0.25) is 0 Å². The molecule has 0 unspecified atom stereocenters.